The van der Waals surface area contributed by atoms with E-state index in [1.165, 1.54) is 37.3 Å². The Hall–Kier alpha value is -1.35. The second kappa shape index (κ2) is 4.49. The van der Waals surface area contributed by atoms with E-state index in [0.29, 0.717) is 6.04 Å². The molecule has 3 heteroatoms. The fourth-order valence-electron chi connectivity index (χ4n) is 2.73. The van der Waals surface area contributed by atoms with Crippen LogP contribution in [0, 0.1) is 0 Å². The van der Waals surface area contributed by atoms with Crippen LogP contribution in [-0.2, 0) is 6.42 Å². The Labute approximate surface area is 102 Å². The number of imidazole rings is 1. The topological polar surface area (TPSA) is 20.5 Å². The highest BCUT2D eigenvalue weighted by Gasteiger charge is 2.19. The lowest BCUT2D eigenvalue weighted by Crippen LogP contribution is -2.32. The second-order valence-corrected chi connectivity index (χ2v) is 4.97. The summed E-state index contributed by atoms with van der Waals surface area (Å²) in [5.74, 6) is 1.18. The van der Waals surface area contributed by atoms with Crippen LogP contribution in [0.15, 0.2) is 30.6 Å². The van der Waals surface area contributed by atoms with Gasteiger partial charge in [-0.25, -0.2) is 4.98 Å². The molecule has 1 fully saturated rings. The zero-order valence-electron chi connectivity index (χ0n) is 10.3. The quantitative estimate of drug-likeness (QED) is 0.805. The minimum absolute atomic E-state index is 0.600. The Morgan fingerprint density at radius 1 is 1.29 bits per heavy atom. The third kappa shape index (κ3) is 2.07. The van der Waals surface area contributed by atoms with Crippen molar-refractivity contribution in [3.8, 4) is 0 Å². The van der Waals surface area contributed by atoms with Gasteiger partial charge in [0.25, 0.3) is 0 Å². The molecule has 2 aromatic heterocycles. The second-order valence-electron chi connectivity index (χ2n) is 4.97. The molecule has 0 aromatic carbocycles. The summed E-state index contributed by atoms with van der Waals surface area (Å²) in [5.41, 5.74) is 1.19. The largest absolute Gasteiger partial charge is 0.304 e. The molecule has 0 spiro atoms. The maximum atomic E-state index is 4.54. The average Bonchev–Trinajstić information content (AvgIpc) is 2.98. The number of rotatable bonds is 3. The number of fused-ring (bicyclic) bond motifs is 1. The third-order valence-electron chi connectivity index (χ3n) is 3.76. The lowest BCUT2D eigenvalue weighted by Gasteiger charge is -2.23. The predicted octanol–water partition coefficient (Wildman–Crippen LogP) is 2.36. The summed E-state index contributed by atoms with van der Waals surface area (Å²) in [7, 11) is 0. The van der Waals surface area contributed by atoms with Gasteiger partial charge < -0.3 is 9.30 Å². The van der Waals surface area contributed by atoms with Crippen molar-refractivity contribution in [1.29, 1.82) is 0 Å². The molecule has 17 heavy (non-hydrogen) atoms. The predicted molar refractivity (Wildman–Crippen MR) is 69.2 cm³/mol. The first-order valence-electron chi connectivity index (χ1n) is 6.49. The summed E-state index contributed by atoms with van der Waals surface area (Å²) < 4.78 is 2.20. The van der Waals surface area contributed by atoms with Crippen LogP contribution in [0.3, 0.4) is 0 Å². The number of nitrogens with zero attached hydrogens (tertiary/aromatic N) is 3. The van der Waals surface area contributed by atoms with Gasteiger partial charge in [0.15, 0.2) is 0 Å². The molecule has 1 atom stereocenters. The average molecular weight is 229 g/mol. The number of aromatic nitrogens is 2. The molecule has 2 aromatic rings. The van der Waals surface area contributed by atoms with E-state index >= 15 is 0 Å². The van der Waals surface area contributed by atoms with Crippen molar-refractivity contribution in [1.82, 2.24) is 14.3 Å². The van der Waals surface area contributed by atoms with Gasteiger partial charge in [0, 0.05) is 18.7 Å². The number of hydrogen-bond acceptors (Lipinski definition) is 2. The monoisotopic (exact) mass is 229 g/mol. The van der Waals surface area contributed by atoms with Crippen LogP contribution in [0.2, 0.25) is 0 Å². The summed E-state index contributed by atoms with van der Waals surface area (Å²) in [5, 5.41) is 0. The van der Waals surface area contributed by atoms with Gasteiger partial charge in [0.2, 0.25) is 0 Å². The maximum absolute atomic E-state index is 4.54. The highest BCUT2D eigenvalue weighted by Crippen LogP contribution is 2.15. The molecule has 0 aliphatic carbocycles. The number of likely N-dealkylation sites (tertiary alicyclic amines) is 1. The summed E-state index contributed by atoms with van der Waals surface area (Å²) >= 11 is 0. The number of hydrogen-bond donors (Lipinski definition) is 0. The molecule has 1 unspecified atom stereocenters. The Morgan fingerprint density at radius 3 is 2.94 bits per heavy atom. The minimum Gasteiger partial charge on any atom is -0.304 e. The van der Waals surface area contributed by atoms with Gasteiger partial charge in [-0.05, 0) is 45.0 Å². The molecule has 90 valence electrons. The van der Waals surface area contributed by atoms with E-state index in [1.807, 2.05) is 6.20 Å². The fraction of sp³-hybridized carbons (Fsp3) is 0.500. The standard InChI is InChI=1S/C14H19N3/c1-12(16-7-4-5-8-16)10-14-15-11-13-6-2-3-9-17(13)14/h2-3,6,9,11-12H,4-5,7-8,10H2,1H3. The SMILES string of the molecule is CC(Cc1ncc2ccccn12)N1CCCC1. The molecule has 0 amide bonds. The van der Waals surface area contributed by atoms with Crippen LogP contribution in [0.1, 0.15) is 25.6 Å². The van der Waals surface area contributed by atoms with Crippen LogP contribution in [0.5, 0.6) is 0 Å². The van der Waals surface area contributed by atoms with Crippen molar-refractivity contribution in [2.45, 2.75) is 32.2 Å². The van der Waals surface area contributed by atoms with Crippen LogP contribution >= 0.6 is 0 Å². The van der Waals surface area contributed by atoms with Crippen molar-refractivity contribution >= 4 is 5.52 Å². The lowest BCUT2D eigenvalue weighted by atomic mass is 10.2. The zero-order valence-corrected chi connectivity index (χ0v) is 10.3. The molecule has 1 saturated heterocycles. The first-order valence-corrected chi connectivity index (χ1v) is 6.49. The normalized spacial score (nSPS) is 18.9. The summed E-state index contributed by atoms with van der Waals surface area (Å²) in [6.07, 6.45) is 7.82. The molecule has 0 radical (unpaired) electrons. The van der Waals surface area contributed by atoms with Gasteiger partial charge in [0.05, 0.1) is 11.7 Å². The van der Waals surface area contributed by atoms with Crippen LogP contribution in [0.25, 0.3) is 5.52 Å². The van der Waals surface area contributed by atoms with Gasteiger partial charge in [0.1, 0.15) is 5.82 Å². The maximum Gasteiger partial charge on any atom is 0.114 e. The van der Waals surface area contributed by atoms with Crippen molar-refractivity contribution in [3.05, 3.63) is 36.4 Å². The summed E-state index contributed by atoms with van der Waals surface area (Å²) in [6, 6.07) is 6.84. The molecular formula is C14H19N3. The van der Waals surface area contributed by atoms with Gasteiger partial charge >= 0.3 is 0 Å². The first-order chi connectivity index (χ1) is 8.34. The van der Waals surface area contributed by atoms with Crippen molar-refractivity contribution in [2.75, 3.05) is 13.1 Å². The lowest BCUT2D eigenvalue weighted by molar-refractivity contribution is 0.255. The van der Waals surface area contributed by atoms with Crippen LogP contribution < -0.4 is 0 Å². The first kappa shape index (κ1) is 10.8. The molecule has 3 heterocycles. The van der Waals surface area contributed by atoms with Crippen LogP contribution in [-0.4, -0.2) is 33.4 Å². The molecular weight excluding hydrogens is 210 g/mol. The summed E-state index contributed by atoms with van der Waals surface area (Å²) in [6.45, 7) is 4.82. The fourth-order valence-corrected chi connectivity index (χ4v) is 2.73. The van der Waals surface area contributed by atoms with E-state index in [-0.39, 0.29) is 0 Å². The Morgan fingerprint density at radius 2 is 2.12 bits per heavy atom. The Balaban J connectivity index is 1.80. The van der Waals surface area contributed by atoms with Gasteiger partial charge in [-0.3, -0.25) is 0 Å². The molecule has 0 saturated carbocycles. The Kier molecular flexibility index (Phi) is 2.85. The zero-order chi connectivity index (χ0) is 11.7. The van der Waals surface area contributed by atoms with Crippen molar-refractivity contribution < 1.29 is 0 Å². The molecule has 0 bridgehead atoms. The Bertz CT molecular complexity index is 497. The van der Waals surface area contributed by atoms with Crippen LogP contribution in [0.4, 0.5) is 0 Å². The van der Waals surface area contributed by atoms with E-state index < -0.39 is 0 Å². The van der Waals surface area contributed by atoms with Crippen molar-refractivity contribution in [3.63, 3.8) is 0 Å². The van der Waals surface area contributed by atoms with E-state index in [9.17, 15) is 0 Å². The molecule has 3 nitrogen and oxygen atoms in total. The molecule has 3 rings (SSSR count). The van der Waals surface area contributed by atoms with E-state index in [1.54, 1.807) is 0 Å². The van der Waals surface area contributed by atoms with Crippen molar-refractivity contribution in [2.24, 2.45) is 0 Å². The van der Waals surface area contributed by atoms with E-state index in [2.05, 4.69) is 45.6 Å². The third-order valence-corrected chi connectivity index (χ3v) is 3.76. The minimum atomic E-state index is 0.600. The van der Waals surface area contributed by atoms with E-state index in [4.69, 9.17) is 0 Å². The van der Waals surface area contributed by atoms with E-state index in [0.717, 1.165) is 6.42 Å². The molecule has 1 aliphatic heterocycles. The summed E-state index contributed by atoms with van der Waals surface area (Å²) in [4.78, 5) is 7.12. The molecule has 1 aliphatic rings. The highest BCUT2D eigenvalue weighted by molar-refractivity contribution is 5.45. The highest BCUT2D eigenvalue weighted by atomic mass is 15.2. The van der Waals surface area contributed by atoms with Gasteiger partial charge in [-0.1, -0.05) is 6.07 Å². The van der Waals surface area contributed by atoms with Gasteiger partial charge in [-0.15, -0.1) is 0 Å². The molecule has 0 N–H and O–H groups in total. The smallest absolute Gasteiger partial charge is 0.114 e. The van der Waals surface area contributed by atoms with Gasteiger partial charge in [-0.2, -0.15) is 0 Å². The number of pyridine rings is 1.